The van der Waals surface area contributed by atoms with Crippen molar-refractivity contribution in [3.63, 3.8) is 0 Å². The van der Waals surface area contributed by atoms with Gasteiger partial charge in [-0.1, -0.05) is 27.2 Å². The maximum Gasteiger partial charge on any atom is 0.0469 e. The van der Waals surface area contributed by atoms with E-state index >= 15 is 0 Å². The molecule has 0 aromatic rings. The monoisotopic (exact) mass is 202 g/mol. The van der Waals surface area contributed by atoms with E-state index in [-0.39, 0.29) is 0 Å². The Hall–Kier alpha value is -0.0800. The zero-order valence-corrected chi connectivity index (χ0v) is 9.96. The van der Waals surface area contributed by atoms with E-state index in [2.05, 4.69) is 20.8 Å². The van der Waals surface area contributed by atoms with Crippen molar-refractivity contribution >= 4 is 0 Å². The van der Waals surface area contributed by atoms with Crippen LogP contribution in [0.2, 0.25) is 0 Å². The van der Waals surface area contributed by atoms with Crippen LogP contribution in [0.25, 0.3) is 0 Å². The lowest BCUT2D eigenvalue weighted by Gasteiger charge is -2.16. The van der Waals surface area contributed by atoms with E-state index in [0.29, 0.717) is 18.4 Å². The second kappa shape index (κ2) is 9.47. The molecule has 1 atom stereocenters. The lowest BCUT2D eigenvalue weighted by atomic mass is 9.95. The maximum atomic E-state index is 9.12. The van der Waals surface area contributed by atoms with E-state index in [4.69, 9.17) is 9.84 Å². The summed E-state index contributed by atoms with van der Waals surface area (Å²) < 4.78 is 5.48. The Balaban J connectivity index is 3.33. The van der Waals surface area contributed by atoms with Crippen LogP contribution in [-0.2, 0) is 4.74 Å². The number of hydrogen-bond acceptors (Lipinski definition) is 2. The van der Waals surface area contributed by atoms with Crippen LogP contribution in [0.1, 0.15) is 46.5 Å². The van der Waals surface area contributed by atoms with Crippen molar-refractivity contribution in [1.29, 1.82) is 0 Å². The van der Waals surface area contributed by atoms with E-state index in [1.807, 2.05) is 0 Å². The van der Waals surface area contributed by atoms with Gasteiger partial charge in [0, 0.05) is 19.8 Å². The molecule has 2 nitrogen and oxygen atoms in total. The summed E-state index contributed by atoms with van der Waals surface area (Å²) in [6.07, 6.45) is 4.44. The molecule has 0 aromatic heterocycles. The third kappa shape index (κ3) is 8.52. The van der Waals surface area contributed by atoms with Crippen LogP contribution in [0.15, 0.2) is 0 Å². The molecule has 0 aliphatic heterocycles. The summed E-state index contributed by atoms with van der Waals surface area (Å²) in [5.74, 6) is 1.10. The molecule has 0 saturated heterocycles. The number of aliphatic hydroxyl groups is 1. The fourth-order valence-corrected chi connectivity index (χ4v) is 1.55. The lowest BCUT2D eigenvalue weighted by molar-refractivity contribution is 0.0985. The van der Waals surface area contributed by atoms with Gasteiger partial charge in [0.2, 0.25) is 0 Å². The van der Waals surface area contributed by atoms with E-state index < -0.39 is 0 Å². The van der Waals surface area contributed by atoms with Crippen molar-refractivity contribution in [2.24, 2.45) is 11.8 Å². The first-order valence-electron chi connectivity index (χ1n) is 5.89. The largest absolute Gasteiger partial charge is 0.396 e. The molecule has 0 radical (unpaired) electrons. The highest BCUT2D eigenvalue weighted by atomic mass is 16.5. The second-order valence-electron chi connectivity index (χ2n) is 4.43. The third-order valence-electron chi connectivity index (χ3n) is 2.38. The molecule has 86 valence electrons. The molecule has 0 fully saturated rings. The number of aliphatic hydroxyl groups excluding tert-OH is 1. The van der Waals surface area contributed by atoms with Crippen LogP contribution >= 0.6 is 0 Å². The third-order valence-corrected chi connectivity index (χ3v) is 2.38. The number of ether oxygens (including phenoxy) is 1. The van der Waals surface area contributed by atoms with Crippen LogP contribution in [0.5, 0.6) is 0 Å². The average Bonchev–Trinajstić information content (AvgIpc) is 2.15. The van der Waals surface area contributed by atoms with Gasteiger partial charge in [0.25, 0.3) is 0 Å². The van der Waals surface area contributed by atoms with Gasteiger partial charge in [-0.2, -0.15) is 0 Å². The Labute approximate surface area is 88.7 Å². The molecular weight excluding hydrogens is 176 g/mol. The molecule has 14 heavy (non-hydrogen) atoms. The first-order valence-corrected chi connectivity index (χ1v) is 5.89. The zero-order chi connectivity index (χ0) is 10.8. The quantitative estimate of drug-likeness (QED) is 0.583. The normalized spacial score (nSPS) is 13.5. The summed E-state index contributed by atoms with van der Waals surface area (Å²) in [6.45, 7) is 8.53. The molecule has 0 spiro atoms. The van der Waals surface area contributed by atoms with Crippen LogP contribution in [0, 0.1) is 11.8 Å². The highest BCUT2D eigenvalue weighted by Gasteiger charge is 2.09. The molecule has 0 aliphatic carbocycles. The minimum absolute atomic E-state index is 0.301. The Morgan fingerprint density at radius 3 is 2.43 bits per heavy atom. The zero-order valence-electron chi connectivity index (χ0n) is 9.96. The number of rotatable bonds is 9. The summed E-state index contributed by atoms with van der Waals surface area (Å²) in [7, 11) is 0. The maximum absolute atomic E-state index is 9.12. The van der Waals surface area contributed by atoms with Gasteiger partial charge in [-0.05, 0) is 31.1 Å². The van der Waals surface area contributed by atoms with Crippen LogP contribution in [0.3, 0.4) is 0 Å². The van der Waals surface area contributed by atoms with E-state index in [0.717, 1.165) is 32.5 Å². The summed E-state index contributed by atoms with van der Waals surface area (Å²) >= 11 is 0. The van der Waals surface area contributed by atoms with Crippen molar-refractivity contribution in [3.8, 4) is 0 Å². The molecule has 2 heteroatoms. The highest BCUT2D eigenvalue weighted by molar-refractivity contribution is 4.59. The highest BCUT2D eigenvalue weighted by Crippen LogP contribution is 2.14. The predicted octanol–water partition coefficient (Wildman–Crippen LogP) is 2.85. The van der Waals surface area contributed by atoms with Gasteiger partial charge < -0.3 is 9.84 Å². The first kappa shape index (κ1) is 13.9. The van der Waals surface area contributed by atoms with Gasteiger partial charge in [-0.3, -0.25) is 0 Å². The summed E-state index contributed by atoms with van der Waals surface area (Å²) in [5.41, 5.74) is 0. The van der Waals surface area contributed by atoms with Crippen LogP contribution in [0.4, 0.5) is 0 Å². The molecule has 0 saturated carbocycles. The van der Waals surface area contributed by atoms with Gasteiger partial charge in [0.1, 0.15) is 0 Å². The standard InChI is InChI=1S/C12H26O2/c1-4-5-7-14-8-6-12(10-13)9-11(2)3/h11-13H,4-10H2,1-3H3. The second-order valence-corrected chi connectivity index (χ2v) is 4.43. The van der Waals surface area contributed by atoms with Gasteiger partial charge >= 0.3 is 0 Å². The summed E-state index contributed by atoms with van der Waals surface area (Å²) in [5, 5.41) is 9.12. The molecular formula is C12H26O2. The molecule has 0 heterocycles. The Morgan fingerprint density at radius 2 is 1.93 bits per heavy atom. The molecule has 0 aromatic carbocycles. The van der Waals surface area contributed by atoms with Crippen molar-refractivity contribution < 1.29 is 9.84 Å². The van der Waals surface area contributed by atoms with E-state index in [1.165, 1.54) is 6.42 Å². The van der Waals surface area contributed by atoms with Gasteiger partial charge in [-0.25, -0.2) is 0 Å². The fourth-order valence-electron chi connectivity index (χ4n) is 1.55. The first-order chi connectivity index (χ1) is 6.70. The molecule has 1 N–H and O–H groups in total. The fraction of sp³-hybridized carbons (Fsp3) is 1.00. The number of hydrogen-bond donors (Lipinski definition) is 1. The van der Waals surface area contributed by atoms with Crippen LogP contribution < -0.4 is 0 Å². The minimum atomic E-state index is 0.301. The molecule has 1 unspecified atom stereocenters. The van der Waals surface area contributed by atoms with Gasteiger partial charge in [0.05, 0.1) is 0 Å². The number of unbranched alkanes of at least 4 members (excludes halogenated alkanes) is 1. The summed E-state index contributed by atoms with van der Waals surface area (Å²) in [4.78, 5) is 0. The van der Waals surface area contributed by atoms with Crippen molar-refractivity contribution in [2.45, 2.75) is 46.5 Å². The SMILES string of the molecule is CCCCOCCC(CO)CC(C)C. The van der Waals surface area contributed by atoms with Crippen molar-refractivity contribution in [3.05, 3.63) is 0 Å². The molecule has 0 rings (SSSR count). The Bertz CT molecular complexity index is 113. The Morgan fingerprint density at radius 1 is 1.21 bits per heavy atom. The van der Waals surface area contributed by atoms with E-state index in [9.17, 15) is 0 Å². The van der Waals surface area contributed by atoms with Crippen LogP contribution in [-0.4, -0.2) is 24.9 Å². The lowest BCUT2D eigenvalue weighted by Crippen LogP contribution is -2.12. The van der Waals surface area contributed by atoms with Crippen molar-refractivity contribution in [1.82, 2.24) is 0 Å². The smallest absolute Gasteiger partial charge is 0.0469 e. The minimum Gasteiger partial charge on any atom is -0.396 e. The molecule has 0 aliphatic rings. The predicted molar refractivity (Wildman–Crippen MR) is 60.4 cm³/mol. The van der Waals surface area contributed by atoms with Crippen molar-refractivity contribution in [2.75, 3.05) is 19.8 Å². The summed E-state index contributed by atoms with van der Waals surface area (Å²) in [6, 6.07) is 0. The van der Waals surface area contributed by atoms with Gasteiger partial charge in [0.15, 0.2) is 0 Å². The topological polar surface area (TPSA) is 29.5 Å². The average molecular weight is 202 g/mol. The van der Waals surface area contributed by atoms with E-state index in [1.54, 1.807) is 0 Å². The molecule has 0 amide bonds. The van der Waals surface area contributed by atoms with Gasteiger partial charge in [-0.15, -0.1) is 0 Å². The molecule has 0 bridgehead atoms. The Kier molecular flexibility index (Phi) is 9.42.